The van der Waals surface area contributed by atoms with Crippen LogP contribution in [0.2, 0.25) is 0 Å². The van der Waals surface area contributed by atoms with E-state index < -0.39 is 12.1 Å². The molecule has 0 rings (SSSR count). The number of esters is 1. The Kier molecular flexibility index (Phi) is 51.0. The van der Waals surface area contributed by atoms with Crippen LogP contribution in [0.4, 0.5) is 0 Å². The van der Waals surface area contributed by atoms with Crippen molar-refractivity contribution in [3.63, 3.8) is 0 Å². The summed E-state index contributed by atoms with van der Waals surface area (Å²) in [5, 5.41) is 22.9. The van der Waals surface area contributed by atoms with Crippen LogP contribution in [0.25, 0.3) is 0 Å². The molecule has 0 aliphatic heterocycles. The molecule has 0 aromatic carbocycles. The predicted molar refractivity (Wildman–Crippen MR) is 269 cm³/mol. The summed E-state index contributed by atoms with van der Waals surface area (Å²) in [6, 6.07) is -0.625. The first-order valence-electron chi connectivity index (χ1n) is 28.0. The number of unbranched alkanes of at least 4 members (excludes halogenated alkanes) is 41. The average Bonchev–Trinajstić information content (AvgIpc) is 3.27. The summed E-state index contributed by atoms with van der Waals surface area (Å²) in [6.45, 7) is 4.89. The maximum absolute atomic E-state index is 12.4. The Bertz CT molecular complexity index is 924. The van der Waals surface area contributed by atoms with Gasteiger partial charge in [0.1, 0.15) is 0 Å². The number of carbonyl (C=O) groups excluding carboxylic acids is 2. The predicted octanol–water partition coefficient (Wildman–Crippen LogP) is 16.9. The molecule has 0 aromatic heterocycles. The van der Waals surface area contributed by atoms with Gasteiger partial charge in [0.05, 0.1) is 25.4 Å². The fourth-order valence-electron chi connectivity index (χ4n) is 8.75. The molecule has 1 amide bonds. The molecule has 0 saturated carbocycles. The normalized spacial score (nSPS) is 12.6. The summed E-state index contributed by atoms with van der Waals surface area (Å²) >= 11 is 0. The number of aliphatic hydroxyl groups is 2. The van der Waals surface area contributed by atoms with E-state index in [4.69, 9.17) is 4.74 Å². The van der Waals surface area contributed by atoms with Crippen LogP contribution in [-0.2, 0) is 14.3 Å². The molecule has 6 nitrogen and oxygen atoms in total. The number of nitrogens with one attached hydrogen (secondary N) is 1. The largest absolute Gasteiger partial charge is 0.466 e. The van der Waals surface area contributed by atoms with E-state index in [9.17, 15) is 19.8 Å². The zero-order chi connectivity index (χ0) is 45.1. The topological polar surface area (TPSA) is 95.9 Å². The van der Waals surface area contributed by atoms with E-state index in [0.29, 0.717) is 19.4 Å². The van der Waals surface area contributed by atoms with E-state index in [-0.39, 0.29) is 18.5 Å². The number of rotatable bonds is 52. The Morgan fingerprint density at radius 3 is 1.10 bits per heavy atom. The molecule has 0 radical (unpaired) electrons. The van der Waals surface area contributed by atoms with Crippen LogP contribution in [0.3, 0.4) is 0 Å². The molecular formula is C56H109NO5. The van der Waals surface area contributed by atoms with Crippen molar-refractivity contribution in [3.05, 3.63) is 12.2 Å². The molecular weight excluding hydrogens is 767 g/mol. The Morgan fingerprint density at radius 2 is 0.742 bits per heavy atom. The van der Waals surface area contributed by atoms with Gasteiger partial charge in [-0.15, -0.1) is 0 Å². The lowest BCUT2D eigenvalue weighted by Crippen LogP contribution is -2.45. The van der Waals surface area contributed by atoms with Crippen molar-refractivity contribution < 1.29 is 24.5 Å². The molecule has 0 aliphatic carbocycles. The summed E-state index contributed by atoms with van der Waals surface area (Å²) in [6.07, 6.45) is 61.0. The van der Waals surface area contributed by atoms with E-state index in [1.54, 1.807) is 6.08 Å². The van der Waals surface area contributed by atoms with Crippen molar-refractivity contribution in [3.8, 4) is 0 Å². The lowest BCUT2D eigenvalue weighted by molar-refractivity contribution is -0.143. The van der Waals surface area contributed by atoms with Gasteiger partial charge in [0.25, 0.3) is 0 Å². The molecule has 0 fully saturated rings. The zero-order valence-corrected chi connectivity index (χ0v) is 41.9. The number of allylic oxidation sites excluding steroid dienone is 1. The SMILES string of the molecule is CCCCCCCCC/C=C/C(O)C(CO)NC(=O)CCCCCCCCCCCCCCCCCCCCCCCOC(=O)CCCCCCCCCCCCCCCCC. The van der Waals surface area contributed by atoms with E-state index >= 15 is 0 Å². The second kappa shape index (κ2) is 52.2. The Labute approximate surface area is 387 Å². The highest BCUT2D eigenvalue weighted by Gasteiger charge is 2.18. The lowest BCUT2D eigenvalue weighted by atomic mass is 10.0. The molecule has 0 aromatic rings. The van der Waals surface area contributed by atoms with Gasteiger partial charge in [-0.25, -0.2) is 0 Å². The summed E-state index contributed by atoms with van der Waals surface area (Å²) < 4.78 is 5.48. The van der Waals surface area contributed by atoms with E-state index in [2.05, 4.69) is 19.2 Å². The fourth-order valence-corrected chi connectivity index (χ4v) is 8.75. The van der Waals surface area contributed by atoms with Gasteiger partial charge in [0, 0.05) is 12.8 Å². The Hall–Kier alpha value is -1.40. The first-order chi connectivity index (χ1) is 30.5. The van der Waals surface area contributed by atoms with Gasteiger partial charge in [0.15, 0.2) is 0 Å². The van der Waals surface area contributed by atoms with Crippen LogP contribution in [-0.4, -0.2) is 47.4 Å². The van der Waals surface area contributed by atoms with Crippen molar-refractivity contribution in [2.24, 2.45) is 0 Å². The molecule has 368 valence electrons. The standard InChI is InChI=1S/C56H109NO5/c1-3-5-7-9-11-13-14-15-23-27-30-34-38-42-46-50-56(61)62-51-47-43-39-35-31-28-25-22-20-18-16-17-19-21-24-26-29-33-37-41-45-49-55(60)57-53(52-58)54(59)48-44-40-36-32-12-10-8-6-4-2/h44,48,53-54,58-59H,3-43,45-47,49-52H2,1-2H3,(H,57,60)/b48-44+. The van der Waals surface area contributed by atoms with E-state index in [0.717, 1.165) is 38.5 Å². The van der Waals surface area contributed by atoms with Crippen LogP contribution in [0, 0.1) is 0 Å². The molecule has 62 heavy (non-hydrogen) atoms. The maximum atomic E-state index is 12.4. The van der Waals surface area contributed by atoms with Gasteiger partial charge >= 0.3 is 5.97 Å². The zero-order valence-electron chi connectivity index (χ0n) is 41.9. The van der Waals surface area contributed by atoms with E-state index in [1.165, 1.54) is 244 Å². The molecule has 0 aliphatic rings. The molecule has 0 saturated heterocycles. The number of hydrogen-bond acceptors (Lipinski definition) is 5. The van der Waals surface area contributed by atoms with Crippen LogP contribution >= 0.6 is 0 Å². The summed E-state index contributed by atoms with van der Waals surface area (Å²) in [5.41, 5.74) is 0. The highest BCUT2D eigenvalue weighted by molar-refractivity contribution is 5.76. The molecule has 3 N–H and O–H groups in total. The number of carbonyl (C=O) groups is 2. The smallest absolute Gasteiger partial charge is 0.305 e. The fraction of sp³-hybridized carbons (Fsp3) is 0.929. The minimum absolute atomic E-state index is 0.0143. The third-order valence-electron chi connectivity index (χ3n) is 13.1. The third-order valence-corrected chi connectivity index (χ3v) is 13.1. The second-order valence-electron chi connectivity index (χ2n) is 19.3. The molecule has 0 spiro atoms. The van der Waals surface area contributed by atoms with Gasteiger partial charge in [-0.05, 0) is 32.1 Å². The van der Waals surface area contributed by atoms with Gasteiger partial charge in [-0.2, -0.15) is 0 Å². The molecule has 2 atom stereocenters. The third kappa shape index (κ3) is 48.1. The monoisotopic (exact) mass is 876 g/mol. The molecule has 0 bridgehead atoms. The van der Waals surface area contributed by atoms with Crippen molar-refractivity contribution in [2.75, 3.05) is 13.2 Å². The summed E-state index contributed by atoms with van der Waals surface area (Å²) in [5.74, 6) is -0.0564. The van der Waals surface area contributed by atoms with Gasteiger partial charge in [-0.1, -0.05) is 276 Å². The number of ether oxygens (including phenoxy) is 1. The molecule has 6 heteroatoms. The number of aliphatic hydroxyl groups excluding tert-OH is 2. The first-order valence-corrected chi connectivity index (χ1v) is 28.0. The van der Waals surface area contributed by atoms with Crippen LogP contribution < -0.4 is 5.32 Å². The minimum atomic E-state index is -0.841. The average molecular weight is 876 g/mol. The quantitative estimate of drug-likeness (QED) is 0.0321. The van der Waals surface area contributed by atoms with Gasteiger partial charge in [-0.3, -0.25) is 9.59 Å². The Morgan fingerprint density at radius 1 is 0.435 bits per heavy atom. The van der Waals surface area contributed by atoms with Crippen molar-refractivity contribution in [1.82, 2.24) is 5.32 Å². The van der Waals surface area contributed by atoms with Crippen LogP contribution in [0.5, 0.6) is 0 Å². The van der Waals surface area contributed by atoms with E-state index in [1.807, 2.05) is 6.08 Å². The van der Waals surface area contributed by atoms with Crippen molar-refractivity contribution in [1.29, 1.82) is 0 Å². The molecule has 0 heterocycles. The number of amides is 1. The summed E-state index contributed by atoms with van der Waals surface area (Å²) in [4.78, 5) is 24.4. The van der Waals surface area contributed by atoms with Crippen LogP contribution in [0.15, 0.2) is 12.2 Å². The lowest BCUT2D eigenvalue weighted by Gasteiger charge is -2.20. The minimum Gasteiger partial charge on any atom is -0.466 e. The first kappa shape index (κ1) is 60.6. The van der Waals surface area contributed by atoms with Gasteiger partial charge < -0.3 is 20.3 Å². The summed E-state index contributed by atoms with van der Waals surface area (Å²) in [7, 11) is 0. The maximum Gasteiger partial charge on any atom is 0.305 e. The van der Waals surface area contributed by atoms with Crippen molar-refractivity contribution in [2.45, 2.75) is 321 Å². The highest BCUT2D eigenvalue weighted by atomic mass is 16.5. The van der Waals surface area contributed by atoms with Gasteiger partial charge in [0.2, 0.25) is 5.91 Å². The van der Waals surface area contributed by atoms with Crippen molar-refractivity contribution >= 4 is 11.9 Å². The number of hydrogen-bond donors (Lipinski definition) is 3. The van der Waals surface area contributed by atoms with Crippen LogP contribution in [0.1, 0.15) is 309 Å². The Balaban J connectivity index is 3.35. The molecule has 2 unspecified atom stereocenters. The second-order valence-corrected chi connectivity index (χ2v) is 19.3. The highest BCUT2D eigenvalue weighted by Crippen LogP contribution is 2.17.